The van der Waals surface area contributed by atoms with E-state index in [-0.39, 0.29) is 24.8 Å². The first-order valence-corrected chi connectivity index (χ1v) is 7.12. The van der Waals surface area contributed by atoms with Crippen LogP contribution >= 0.6 is 0 Å². The van der Waals surface area contributed by atoms with Crippen molar-refractivity contribution in [2.45, 2.75) is 13.3 Å². The second kappa shape index (κ2) is 7.41. The number of ether oxygens (including phenoxy) is 1. The van der Waals surface area contributed by atoms with Gasteiger partial charge in [0.1, 0.15) is 0 Å². The molecule has 0 aliphatic rings. The molecule has 0 saturated carbocycles. The van der Waals surface area contributed by atoms with Crippen LogP contribution in [0.25, 0.3) is 0 Å². The molecule has 4 heteroatoms. The van der Waals surface area contributed by atoms with Crippen LogP contribution in [0.1, 0.15) is 22.3 Å². The minimum absolute atomic E-state index is 0.130. The molecule has 0 spiro atoms. The highest BCUT2D eigenvalue weighted by molar-refractivity contribution is 6.06. The first-order valence-electron chi connectivity index (χ1n) is 7.12. The molecular weight excluding hydrogens is 278 g/mol. The van der Waals surface area contributed by atoms with Crippen molar-refractivity contribution < 1.29 is 14.3 Å². The summed E-state index contributed by atoms with van der Waals surface area (Å²) in [6.07, 6.45) is 0.156. The molecule has 1 amide bonds. The smallest absolute Gasteiger partial charge is 0.307 e. The molecule has 0 unspecified atom stereocenters. The topological polar surface area (TPSA) is 46.6 Å². The second-order valence-corrected chi connectivity index (χ2v) is 4.99. The van der Waals surface area contributed by atoms with Crippen molar-refractivity contribution in [3.63, 3.8) is 0 Å². The van der Waals surface area contributed by atoms with Crippen LogP contribution in [0.4, 0.5) is 5.69 Å². The number of amides is 1. The fourth-order valence-electron chi connectivity index (χ4n) is 2.19. The lowest BCUT2D eigenvalue weighted by Crippen LogP contribution is -2.33. The van der Waals surface area contributed by atoms with Crippen LogP contribution in [-0.2, 0) is 9.53 Å². The summed E-state index contributed by atoms with van der Waals surface area (Å²) in [5.41, 5.74) is 2.42. The zero-order valence-electron chi connectivity index (χ0n) is 12.8. The van der Waals surface area contributed by atoms with E-state index in [4.69, 9.17) is 0 Å². The number of methoxy groups -OCH3 is 1. The van der Waals surface area contributed by atoms with Crippen LogP contribution in [0.5, 0.6) is 0 Å². The normalized spacial score (nSPS) is 10.1. The van der Waals surface area contributed by atoms with Gasteiger partial charge in [-0.2, -0.15) is 0 Å². The third kappa shape index (κ3) is 3.95. The maximum atomic E-state index is 12.7. The predicted molar refractivity (Wildman–Crippen MR) is 85.9 cm³/mol. The number of nitrogens with zero attached hydrogens (tertiary/aromatic N) is 1. The molecule has 0 aromatic heterocycles. The monoisotopic (exact) mass is 297 g/mol. The molecule has 0 radical (unpaired) electrons. The van der Waals surface area contributed by atoms with E-state index in [2.05, 4.69) is 4.74 Å². The molecule has 4 nitrogen and oxygen atoms in total. The van der Waals surface area contributed by atoms with Crippen molar-refractivity contribution in [2.75, 3.05) is 18.6 Å². The summed E-state index contributed by atoms with van der Waals surface area (Å²) in [4.78, 5) is 25.8. The van der Waals surface area contributed by atoms with E-state index in [1.807, 2.05) is 49.4 Å². The highest BCUT2D eigenvalue weighted by atomic mass is 16.5. The van der Waals surface area contributed by atoms with Crippen LogP contribution in [0.15, 0.2) is 54.6 Å². The van der Waals surface area contributed by atoms with Gasteiger partial charge in [0.05, 0.1) is 13.5 Å². The molecule has 114 valence electrons. The largest absolute Gasteiger partial charge is 0.469 e. The number of benzene rings is 2. The fourth-order valence-corrected chi connectivity index (χ4v) is 2.19. The number of hydrogen-bond donors (Lipinski definition) is 0. The van der Waals surface area contributed by atoms with Crippen molar-refractivity contribution in [3.05, 3.63) is 65.7 Å². The molecule has 0 bridgehead atoms. The minimum atomic E-state index is -0.335. The van der Waals surface area contributed by atoms with Gasteiger partial charge < -0.3 is 9.64 Å². The average Bonchev–Trinajstić information content (AvgIpc) is 2.55. The van der Waals surface area contributed by atoms with E-state index >= 15 is 0 Å². The number of aryl methyl sites for hydroxylation is 1. The molecule has 0 atom stereocenters. The van der Waals surface area contributed by atoms with Gasteiger partial charge in [0.25, 0.3) is 5.91 Å². The summed E-state index contributed by atoms with van der Waals surface area (Å²) in [5.74, 6) is -0.464. The number of carbonyl (C=O) groups is 2. The Morgan fingerprint density at radius 2 is 1.77 bits per heavy atom. The van der Waals surface area contributed by atoms with Gasteiger partial charge in [0.15, 0.2) is 0 Å². The Labute approximate surface area is 130 Å². The quantitative estimate of drug-likeness (QED) is 0.796. The van der Waals surface area contributed by atoms with Crippen molar-refractivity contribution in [1.29, 1.82) is 0 Å². The maximum Gasteiger partial charge on any atom is 0.307 e. The van der Waals surface area contributed by atoms with E-state index in [9.17, 15) is 9.59 Å². The highest BCUT2D eigenvalue weighted by Gasteiger charge is 2.18. The summed E-state index contributed by atoms with van der Waals surface area (Å²) in [6, 6.07) is 16.7. The van der Waals surface area contributed by atoms with Crippen LogP contribution in [0.2, 0.25) is 0 Å². The number of anilines is 1. The van der Waals surface area contributed by atoms with Gasteiger partial charge in [-0.1, -0.05) is 30.3 Å². The molecular formula is C18H19NO3. The number of hydrogen-bond acceptors (Lipinski definition) is 3. The van der Waals surface area contributed by atoms with Crippen LogP contribution in [0, 0.1) is 6.92 Å². The Bertz CT molecular complexity index is 652. The Hall–Kier alpha value is -2.62. The third-order valence-electron chi connectivity index (χ3n) is 3.35. The van der Waals surface area contributed by atoms with E-state index in [1.54, 1.807) is 17.0 Å². The van der Waals surface area contributed by atoms with Crippen molar-refractivity contribution in [2.24, 2.45) is 0 Å². The van der Waals surface area contributed by atoms with Gasteiger partial charge in [0.2, 0.25) is 0 Å². The van der Waals surface area contributed by atoms with Crippen molar-refractivity contribution in [3.8, 4) is 0 Å². The lowest BCUT2D eigenvalue weighted by molar-refractivity contribution is -0.140. The van der Waals surface area contributed by atoms with Crippen LogP contribution in [0.3, 0.4) is 0 Å². The third-order valence-corrected chi connectivity index (χ3v) is 3.35. The first kappa shape index (κ1) is 15.8. The molecule has 0 heterocycles. The Balaban J connectivity index is 2.28. The van der Waals surface area contributed by atoms with Crippen molar-refractivity contribution >= 4 is 17.6 Å². The van der Waals surface area contributed by atoms with Gasteiger partial charge >= 0.3 is 5.97 Å². The second-order valence-electron chi connectivity index (χ2n) is 4.99. The average molecular weight is 297 g/mol. The molecule has 0 aliphatic heterocycles. The summed E-state index contributed by atoms with van der Waals surface area (Å²) >= 11 is 0. The summed E-state index contributed by atoms with van der Waals surface area (Å²) < 4.78 is 4.67. The lowest BCUT2D eigenvalue weighted by atomic mass is 10.1. The summed E-state index contributed by atoms with van der Waals surface area (Å²) in [6.45, 7) is 2.25. The predicted octanol–water partition coefficient (Wildman–Crippen LogP) is 3.20. The minimum Gasteiger partial charge on any atom is -0.469 e. The first-order chi connectivity index (χ1) is 10.6. The summed E-state index contributed by atoms with van der Waals surface area (Å²) in [5, 5.41) is 0. The van der Waals surface area contributed by atoms with Crippen LogP contribution < -0.4 is 4.90 Å². The zero-order valence-corrected chi connectivity index (χ0v) is 12.8. The van der Waals surface area contributed by atoms with Gasteiger partial charge in [-0.05, 0) is 36.8 Å². The van der Waals surface area contributed by atoms with Crippen molar-refractivity contribution in [1.82, 2.24) is 0 Å². The van der Waals surface area contributed by atoms with E-state index < -0.39 is 0 Å². The zero-order chi connectivity index (χ0) is 15.9. The van der Waals surface area contributed by atoms with Gasteiger partial charge in [0, 0.05) is 17.8 Å². The van der Waals surface area contributed by atoms with E-state index in [0.29, 0.717) is 5.56 Å². The standard InChI is InChI=1S/C18H19NO3/c1-14-7-6-10-16(13-14)19(12-11-17(20)22-2)18(21)15-8-4-3-5-9-15/h3-10,13H,11-12H2,1-2H3. The van der Waals surface area contributed by atoms with Gasteiger partial charge in [-0.15, -0.1) is 0 Å². The van der Waals surface area contributed by atoms with E-state index in [0.717, 1.165) is 11.3 Å². The van der Waals surface area contributed by atoms with Crippen LogP contribution in [-0.4, -0.2) is 25.5 Å². The summed E-state index contributed by atoms with van der Waals surface area (Å²) in [7, 11) is 1.35. The molecule has 0 N–H and O–H groups in total. The SMILES string of the molecule is COC(=O)CCN(C(=O)c1ccccc1)c1cccc(C)c1. The number of esters is 1. The Morgan fingerprint density at radius 3 is 2.41 bits per heavy atom. The molecule has 0 aliphatic carbocycles. The molecule has 22 heavy (non-hydrogen) atoms. The number of carbonyl (C=O) groups excluding carboxylic acids is 2. The van der Waals surface area contributed by atoms with Gasteiger partial charge in [-0.3, -0.25) is 9.59 Å². The maximum absolute atomic E-state index is 12.7. The number of rotatable bonds is 5. The molecule has 2 aromatic rings. The highest BCUT2D eigenvalue weighted by Crippen LogP contribution is 2.19. The molecule has 2 rings (SSSR count). The van der Waals surface area contributed by atoms with Gasteiger partial charge in [-0.25, -0.2) is 0 Å². The molecule has 0 saturated heterocycles. The molecule has 2 aromatic carbocycles. The van der Waals surface area contributed by atoms with E-state index in [1.165, 1.54) is 7.11 Å². The lowest BCUT2D eigenvalue weighted by Gasteiger charge is -2.23. The Morgan fingerprint density at radius 1 is 1.05 bits per heavy atom. The Kier molecular flexibility index (Phi) is 5.31. The molecule has 0 fully saturated rings. The fraction of sp³-hybridized carbons (Fsp3) is 0.222.